The molecule has 3 amide bonds. The largest absolute Gasteiger partial charge is 0.493 e. The number of nitrogens with zero attached hydrogens (tertiary/aromatic N) is 1. The molecule has 1 N–H and O–H groups in total. The van der Waals surface area contributed by atoms with Crippen molar-refractivity contribution in [2.75, 3.05) is 18.5 Å². The summed E-state index contributed by atoms with van der Waals surface area (Å²) < 4.78 is 7.11. The fourth-order valence-electron chi connectivity index (χ4n) is 2.59. The van der Waals surface area contributed by atoms with Crippen LogP contribution in [0.15, 0.2) is 56.3 Å². The molecule has 1 saturated heterocycles. The monoisotopic (exact) mass is 538 g/mol. The Morgan fingerprint density at radius 1 is 1.21 bits per heavy atom. The van der Waals surface area contributed by atoms with Crippen LogP contribution < -0.4 is 10.1 Å². The summed E-state index contributed by atoms with van der Waals surface area (Å²) in [6.45, 7) is 1.97. The molecular weight excluding hydrogens is 524 g/mol. The van der Waals surface area contributed by atoms with Gasteiger partial charge in [0.05, 0.1) is 17.2 Å². The first-order valence-electron chi connectivity index (χ1n) is 8.61. The maximum Gasteiger partial charge on any atom is 0.294 e. The zero-order valence-corrected chi connectivity index (χ0v) is 19.3. The van der Waals surface area contributed by atoms with E-state index in [9.17, 15) is 14.4 Å². The van der Waals surface area contributed by atoms with Crippen LogP contribution >= 0.6 is 43.6 Å². The van der Waals surface area contributed by atoms with Gasteiger partial charge in [0.2, 0.25) is 5.91 Å². The average molecular weight is 540 g/mol. The Morgan fingerprint density at radius 2 is 1.97 bits per heavy atom. The van der Waals surface area contributed by atoms with E-state index < -0.39 is 17.1 Å². The number of carbonyl (C=O) groups excluding carboxylic acids is 3. The Hall–Kier alpha value is -2.10. The molecule has 0 saturated carbocycles. The number of hydrogen-bond acceptors (Lipinski definition) is 5. The van der Waals surface area contributed by atoms with E-state index in [2.05, 4.69) is 37.2 Å². The Bertz CT molecular complexity index is 1010. The Labute approximate surface area is 188 Å². The molecule has 0 spiro atoms. The number of benzene rings is 2. The number of anilines is 1. The number of para-hydroxylation sites is 1. The van der Waals surface area contributed by atoms with Gasteiger partial charge in [0.15, 0.2) is 0 Å². The molecule has 2 aromatic carbocycles. The maximum atomic E-state index is 12.7. The number of hydrogen-bond donors (Lipinski definition) is 1. The molecule has 3 rings (SSSR count). The van der Waals surface area contributed by atoms with Crippen LogP contribution in [-0.2, 0) is 9.59 Å². The lowest BCUT2D eigenvalue weighted by atomic mass is 10.2. The van der Waals surface area contributed by atoms with Crippen LogP contribution in [0.1, 0.15) is 12.5 Å². The Kier molecular flexibility index (Phi) is 7.15. The fourth-order valence-corrected chi connectivity index (χ4v) is 4.18. The molecule has 1 fully saturated rings. The SMILES string of the molecule is CCOc1ccc(Br)cc1/C=C1/SC(=O)N(CC(=O)Nc2ccccc2Br)C1=O. The molecular formula is C20H16Br2N2O4S. The molecule has 1 heterocycles. The van der Waals surface area contributed by atoms with Gasteiger partial charge >= 0.3 is 0 Å². The first-order valence-corrected chi connectivity index (χ1v) is 11.0. The zero-order valence-electron chi connectivity index (χ0n) is 15.3. The first kappa shape index (κ1) is 21.6. The summed E-state index contributed by atoms with van der Waals surface area (Å²) in [4.78, 5) is 38.5. The lowest BCUT2D eigenvalue weighted by molar-refractivity contribution is -0.127. The highest BCUT2D eigenvalue weighted by molar-refractivity contribution is 9.10. The van der Waals surface area contributed by atoms with Gasteiger partial charge in [-0.15, -0.1) is 0 Å². The van der Waals surface area contributed by atoms with Crippen molar-refractivity contribution in [3.05, 3.63) is 61.9 Å². The minimum Gasteiger partial charge on any atom is -0.493 e. The molecule has 0 bridgehead atoms. The molecule has 1 aliphatic rings. The van der Waals surface area contributed by atoms with E-state index in [1.807, 2.05) is 19.1 Å². The van der Waals surface area contributed by atoms with Crippen molar-refractivity contribution >= 4 is 72.4 Å². The summed E-state index contributed by atoms with van der Waals surface area (Å²) in [7, 11) is 0. The van der Waals surface area contributed by atoms with Gasteiger partial charge in [-0.25, -0.2) is 0 Å². The molecule has 6 nitrogen and oxygen atoms in total. The summed E-state index contributed by atoms with van der Waals surface area (Å²) in [5.41, 5.74) is 1.24. The van der Waals surface area contributed by atoms with E-state index in [1.54, 1.807) is 36.4 Å². The number of imide groups is 1. The topological polar surface area (TPSA) is 75.7 Å². The quantitative estimate of drug-likeness (QED) is 0.505. The minimum atomic E-state index is -0.510. The van der Waals surface area contributed by atoms with Gasteiger partial charge in [0.1, 0.15) is 12.3 Å². The van der Waals surface area contributed by atoms with Gasteiger partial charge in [-0.3, -0.25) is 19.3 Å². The Morgan fingerprint density at radius 3 is 2.69 bits per heavy atom. The highest BCUT2D eigenvalue weighted by Gasteiger charge is 2.36. The summed E-state index contributed by atoms with van der Waals surface area (Å²) >= 11 is 7.54. The summed E-state index contributed by atoms with van der Waals surface area (Å²) in [5, 5.41) is 2.20. The van der Waals surface area contributed by atoms with E-state index in [-0.39, 0.29) is 11.4 Å². The van der Waals surface area contributed by atoms with Gasteiger partial charge in [0.25, 0.3) is 11.1 Å². The van der Waals surface area contributed by atoms with Crippen LogP contribution in [0, 0.1) is 0 Å². The predicted molar refractivity (Wildman–Crippen MR) is 121 cm³/mol. The number of ether oxygens (including phenoxy) is 1. The molecule has 0 aliphatic carbocycles. The van der Waals surface area contributed by atoms with E-state index >= 15 is 0 Å². The van der Waals surface area contributed by atoms with Gasteiger partial charge in [0, 0.05) is 14.5 Å². The van der Waals surface area contributed by atoms with E-state index in [0.717, 1.165) is 21.1 Å². The zero-order chi connectivity index (χ0) is 21.0. The molecule has 9 heteroatoms. The van der Waals surface area contributed by atoms with Crippen molar-refractivity contribution in [1.82, 2.24) is 4.90 Å². The highest BCUT2D eigenvalue weighted by Crippen LogP contribution is 2.35. The standard InChI is InChI=1S/C20H16Br2N2O4S/c1-2-28-16-8-7-13(21)9-12(16)10-17-19(26)24(20(27)29-17)11-18(25)23-15-6-4-3-5-14(15)22/h3-10H,2,11H2,1H3,(H,23,25)/b17-10+. The summed E-state index contributed by atoms with van der Waals surface area (Å²) in [6.07, 6.45) is 1.60. The molecule has 1 aliphatic heterocycles. The van der Waals surface area contributed by atoms with Crippen LogP contribution in [0.5, 0.6) is 5.75 Å². The highest BCUT2D eigenvalue weighted by atomic mass is 79.9. The van der Waals surface area contributed by atoms with Crippen molar-refractivity contribution in [3.8, 4) is 5.75 Å². The summed E-state index contributed by atoms with van der Waals surface area (Å²) in [6, 6.07) is 12.5. The molecule has 29 heavy (non-hydrogen) atoms. The third kappa shape index (κ3) is 5.29. The van der Waals surface area contributed by atoms with Gasteiger partial charge in [-0.2, -0.15) is 0 Å². The number of carbonyl (C=O) groups is 3. The third-order valence-corrected chi connectivity index (χ3v) is 5.97. The normalized spacial score (nSPS) is 15.1. The predicted octanol–water partition coefficient (Wildman–Crippen LogP) is 5.29. The fraction of sp³-hybridized carbons (Fsp3) is 0.150. The number of rotatable bonds is 6. The van der Waals surface area contributed by atoms with Gasteiger partial charge in [-0.1, -0.05) is 28.1 Å². The van der Waals surface area contributed by atoms with Crippen LogP contribution in [0.3, 0.4) is 0 Å². The van der Waals surface area contributed by atoms with Crippen LogP contribution in [0.2, 0.25) is 0 Å². The molecule has 0 atom stereocenters. The van der Waals surface area contributed by atoms with Crippen molar-refractivity contribution in [2.45, 2.75) is 6.92 Å². The van der Waals surface area contributed by atoms with E-state index in [1.165, 1.54) is 0 Å². The lowest BCUT2D eigenvalue weighted by Gasteiger charge is -2.13. The lowest BCUT2D eigenvalue weighted by Crippen LogP contribution is -2.36. The van der Waals surface area contributed by atoms with Crippen molar-refractivity contribution in [1.29, 1.82) is 0 Å². The number of halogens is 2. The van der Waals surface area contributed by atoms with Gasteiger partial charge in [-0.05, 0) is 71.0 Å². The van der Waals surface area contributed by atoms with Crippen molar-refractivity contribution in [3.63, 3.8) is 0 Å². The average Bonchev–Trinajstić information content (AvgIpc) is 2.93. The van der Waals surface area contributed by atoms with Gasteiger partial charge < -0.3 is 10.1 Å². The first-order chi connectivity index (χ1) is 13.9. The summed E-state index contributed by atoms with van der Waals surface area (Å²) in [5.74, 6) is -0.364. The molecule has 0 radical (unpaired) electrons. The molecule has 150 valence electrons. The van der Waals surface area contributed by atoms with Crippen molar-refractivity contribution < 1.29 is 19.1 Å². The second-order valence-electron chi connectivity index (χ2n) is 5.91. The van der Waals surface area contributed by atoms with Crippen LogP contribution in [-0.4, -0.2) is 35.1 Å². The van der Waals surface area contributed by atoms with E-state index in [0.29, 0.717) is 28.1 Å². The second-order valence-corrected chi connectivity index (χ2v) is 8.67. The van der Waals surface area contributed by atoms with Crippen molar-refractivity contribution in [2.24, 2.45) is 0 Å². The van der Waals surface area contributed by atoms with Crippen LogP contribution in [0.25, 0.3) is 6.08 Å². The Balaban J connectivity index is 1.76. The van der Waals surface area contributed by atoms with E-state index in [4.69, 9.17) is 4.74 Å². The van der Waals surface area contributed by atoms with Crippen LogP contribution in [0.4, 0.5) is 10.5 Å². The molecule has 2 aromatic rings. The molecule has 0 unspecified atom stereocenters. The third-order valence-electron chi connectivity index (χ3n) is 3.88. The maximum absolute atomic E-state index is 12.7. The minimum absolute atomic E-state index is 0.239. The number of thioether (sulfide) groups is 1. The smallest absolute Gasteiger partial charge is 0.294 e. The number of amides is 3. The molecule has 0 aromatic heterocycles. The number of nitrogens with one attached hydrogen (secondary N) is 1. The second kappa shape index (κ2) is 9.60.